The van der Waals surface area contributed by atoms with Gasteiger partial charge in [-0.1, -0.05) is 12.1 Å². The second-order valence-electron chi connectivity index (χ2n) is 5.96. The molecule has 0 heterocycles. The molecule has 0 unspecified atom stereocenters. The van der Waals surface area contributed by atoms with Crippen molar-refractivity contribution in [1.82, 2.24) is 5.32 Å². The van der Waals surface area contributed by atoms with E-state index in [2.05, 4.69) is 17.4 Å². The number of hydrogen-bond acceptors (Lipinski definition) is 2. The molecular weight excluding hydrogens is 272 g/mol. The lowest BCUT2D eigenvalue weighted by atomic mass is 9.87. The fraction of sp³-hybridized carbons (Fsp3) is 0.647. The maximum absolute atomic E-state index is 13.1. The van der Waals surface area contributed by atoms with Crippen molar-refractivity contribution >= 4 is 0 Å². The Morgan fingerprint density at radius 1 is 1.29 bits per heavy atom. The summed E-state index contributed by atoms with van der Waals surface area (Å²) in [6.45, 7) is 1.55. The van der Waals surface area contributed by atoms with Gasteiger partial charge < -0.3 is 10.1 Å². The first kappa shape index (κ1) is 16.2. The molecular formula is C17H25F2NO. The molecule has 1 saturated carbocycles. The van der Waals surface area contributed by atoms with E-state index in [4.69, 9.17) is 4.74 Å². The zero-order chi connectivity index (χ0) is 15.1. The molecule has 0 aliphatic heterocycles. The first-order valence-electron chi connectivity index (χ1n) is 7.83. The smallest absolute Gasteiger partial charge is 0.248 e. The molecule has 2 rings (SSSR count). The molecule has 0 radical (unpaired) electrons. The molecule has 0 amide bonds. The maximum Gasteiger partial charge on any atom is 0.248 e. The fourth-order valence-electron chi connectivity index (χ4n) is 2.74. The van der Waals surface area contributed by atoms with E-state index in [1.165, 1.54) is 5.56 Å². The number of rotatable bonds is 7. The minimum Gasteiger partial charge on any atom is -0.493 e. The zero-order valence-electron chi connectivity index (χ0n) is 12.7. The van der Waals surface area contributed by atoms with Crippen LogP contribution in [0.3, 0.4) is 0 Å². The number of aryl methyl sites for hydroxylation is 1. The third-order valence-electron chi connectivity index (χ3n) is 4.11. The third-order valence-corrected chi connectivity index (χ3v) is 4.11. The van der Waals surface area contributed by atoms with Crippen molar-refractivity contribution in [2.45, 2.75) is 44.4 Å². The normalized spacial score (nSPS) is 18.6. The molecule has 1 aromatic rings. The second kappa shape index (κ2) is 7.74. The minimum atomic E-state index is -2.45. The molecule has 1 aromatic carbocycles. The van der Waals surface area contributed by atoms with Crippen molar-refractivity contribution in [2.75, 3.05) is 20.2 Å². The van der Waals surface area contributed by atoms with Crippen LogP contribution in [-0.4, -0.2) is 26.1 Å². The van der Waals surface area contributed by atoms with E-state index in [1.807, 2.05) is 19.2 Å². The van der Waals surface area contributed by atoms with Crippen molar-refractivity contribution in [3.63, 3.8) is 0 Å². The largest absolute Gasteiger partial charge is 0.493 e. The van der Waals surface area contributed by atoms with E-state index < -0.39 is 5.92 Å². The van der Waals surface area contributed by atoms with Gasteiger partial charge in [-0.05, 0) is 62.9 Å². The second-order valence-corrected chi connectivity index (χ2v) is 5.96. The van der Waals surface area contributed by atoms with Gasteiger partial charge in [-0.15, -0.1) is 0 Å². The summed E-state index contributed by atoms with van der Waals surface area (Å²) in [5.41, 5.74) is 1.26. The Balaban J connectivity index is 1.76. The fourth-order valence-corrected chi connectivity index (χ4v) is 2.74. The molecule has 4 heteroatoms. The molecule has 0 atom stereocenters. The highest BCUT2D eigenvalue weighted by molar-refractivity contribution is 5.28. The third kappa shape index (κ3) is 5.62. The Bertz CT molecular complexity index is 427. The lowest BCUT2D eigenvalue weighted by Gasteiger charge is -2.28. The summed E-state index contributed by atoms with van der Waals surface area (Å²) >= 11 is 0. The lowest BCUT2D eigenvalue weighted by Crippen LogP contribution is -2.27. The van der Waals surface area contributed by atoms with Crippen molar-refractivity contribution < 1.29 is 13.5 Å². The van der Waals surface area contributed by atoms with E-state index in [9.17, 15) is 8.78 Å². The van der Waals surface area contributed by atoms with Crippen molar-refractivity contribution in [2.24, 2.45) is 5.92 Å². The highest BCUT2D eigenvalue weighted by Gasteiger charge is 2.34. The van der Waals surface area contributed by atoms with Crippen LogP contribution in [0.1, 0.15) is 37.7 Å². The number of benzene rings is 1. The van der Waals surface area contributed by atoms with Crippen LogP contribution in [0.25, 0.3) is 0 Å². The molecule has 0 spiro atoms. The molecule has 0 aromatic heterocycles. The quantitative estimate of drug-likeness (QED) is 0.767. The predicted octanol–water partition coefficient (Wildman–Crippen LogP) is 4.04. The van der Waals surface area contributed by atoms with Crippen LogP contribution in [0.4, 0.5) is 8.78 Å². The van der Waals surface area contributed by atoms with E-state index in [0.717, 1.165) is 25.1 Å². The molecule has 21 heavy (non-hydrogen) atoms. The Kier molecular flexibility index (Phi) is 5.97. The average Bonchev–Trinajstić information content (AvgIpc) is 2.47. The van der Waals surface area contributed by atoms with Gasteiger partial charge in [0.15, 0.2) is 0 Å². The summed E-state index contributed by atoms with van der Waals surface area (Å²) in [5, 5.41) is 3.13. The van der Waals surface area contributed by atoms with Gasteiger partial charge in [0, 0.05) is 12.8 Å². The number of alkyl halides is 2. The van der Waals surface area contributed by atoms with Gasteiger partial charge in [-0.2, -0.15) is 0 Å². The molecule has 1 aliphatic rings. The molecule has 1 aliphatic carbocycles. The van der Waals surface area contributed by atoms with Crippen LogP contribution in [-0.2, 0) is 6.42 Å². The summed E-state index contributed by atoms with van der Waals surface area (Å²) in [7, 11) is 1.95. The van der Waals surface area contributed by atoms with Gasteiger partial charge in [0.1, 0.15) is 5.75 Å². The Morgan fingerprint density at radius 2 is 2.05 bits per heavy atom. The van der Waals surface area contributed by atoms with Crippen LogP contribution in [0.5, 0.6) is 5.75 Å². The Morgan fingerprint density at radius 3 is 2.76 bits per heavy atom. The first-order chi connectivity index (χ1) is 10.1. The highest BCUT2D eigenvalue weighted by Crippen LogP contribution is 2.36. The summed E-state index contributed by atoms with van der Waals surface area (Å²) in [4.78, 5) is 0. The van der Waals surface area contributed by atoms with Crippen LogP contribution in [0, 0.1) is 5.92 Å². The number of ether oxygens (including phenoxy) is 1. The van der Waals surface area contributed by atoms with Gasteiger partial charge in [0.25, 0.3) is 0 Å². The maximum atomic E-state index is 13.1. The first-order valence-corrected chi connectivity index (χ1v) is 7.83. The molecule has 2 nitrogen and oxygen atoms in total. The van der Waals surface area contributed by atoms with Crippen LogP contribution >= 0.6 is 0 Å². The van der Waals surface area contributed by atoms with Crippen LogP contribution in [0.2, 0.25) is 0 Å². The predicted molar refractivity (Wildman–Crippen MR) is 81.1 cm³/mol. The van der Waals surface area contributed by atoms with E-state index in [-0.39, 0.29) is 18.8 Å². The van der Waals surface area contributed by atoms with Crippen LogP contribution < -0.4 is 10.1 Å². The summed E-state index contributed by atoms with van der Waals surface area (Å²) in [6, 6.07) is 8.11. The van der Waals surface area contributed by atoms with E-state index in [0.29, 0.717) is 19.4 Å². The van der Waals surface area contributed by atoms with Crippen LogP contribution in [0.15, 0.2) is 24.3 Å². The van der Waals surface area contributed by atoms with Gasteiger partial charge in [0.05, 0.1) is 6.61 Å². The monoisotopic (exact) mass is 297 g/mol. The molecule has 1 fully saturated rings. The molecule has 118 valence electrons. The van der Waals surface area contributed by atoms with Gasteiger partial charge in [-0.25, -0.2) is 8.78 Å². The average molecular weight is 297 g/mol. The Hall–Kier alpha value is -1.16. The topological polar surface area (TPSA) is 21.3 Å². The summed E-state index contributed by atoms with van der Waals surface area (Å²) in [5.74, 6) is -1.34. The summed E-state index contributed by atoms with van der Waals surface area (Å²) in [6.07, 6.45) is 3.26. The lowest BCUT2D eigenvalue weighted by molar-refractivity contribution is -0.0498. The number of halogens is 2. The van der Waals surface area contributed by atoms with E-state index >= 15 is 0 Å². The SMILES string of the molecule is CNCCCc1cccc(OCC2CCC(F)(F)CC2)c1. The standard InChI is InChI=1S/C17H25F2NO/c1-20-11-3-5-14-4-2-6-16(12-14)21-13-15-7-9-17(18,19)10-8-15/h2,4,6,12,15,20H,3,5,7-11,13H2,1H3. The van der Waals surface area contributed by atoms with Crippen molar-refractivity contribution in [1.29, 1.82) is 0 Å². The minimum absolute atomic E-state index is 0.00504. The zero-order valence-corrected chi connectivity index (χ0v) is 12.7. The van der Waals surface area contributed by atoms with E-state index in [1.54, 1.807) is 0 Å². The highest BCUT2D eigenvalue weighted by atomic mass is 19.3. The Labute approximate surface area is 125 Å². The van der Waals surface area contributed by atoms with Crippen molar-refractivity contribution in [3.8, 4) is 5.75 Å². The van der Waals surface area contributed by atoms with Gasteiger partial charge in [0.2, 0.25) is 5.92 Å². The van der Waals surface area contributed by atoms with Gasteiger partial charge in [-0.3, -0.25) is 0 Å². The molecule has 1 N–H and O–H groups in total. The molecule has 0 saturated heterocycles. The summed E-state index contributed by atoms with van der Waals surface area (Å²) < 4.78 is 32.0. The van der Waals surface area contributed by atoms with Crippen molar-refractivity contribution in [3.05, 3.63) is 29.8 Å². The van der Waals surface area contributed by atoms with Gasteiger partial charge >= 0.3 is 0 Å². The molecule has 0 bridgehead atoms. The number of hydrogen-bond donors (Lipinski definition) is 1. The number of nitrogens with one attached hydrogen (secondary N) is 1.